The maximum absolute atomic E-state index is 8.84. The van der Waals surface area contributed by atoms with Crippen LogP contribution in [0.3, 0.4) is 0 Å². The van der Waals surface area contributed by atoms with E-state index in [1.54, 1.807) is 0 Å². The van der Waals surface area contributed by atoms with Gasteiger partial charge in [-0.05, 0) is 12.5 Å². The second kappa shape index (κ2) is 4.68. The highest BCUT2D eigenvalue weighted by atomic mass is 35.5. The molecule has 2 N–H and O–H groups in total. The first kappa shape index (κ1) is 11.2. The van der Waals surface area contributed by atoms with E-state index in [0.29, 0.717) is 17.4 Å². The molecular weight excluding hydrogens is 224 g/mol. The Morgan fingerprint density at radius 3 is 2.81 bits per heavy atom. The first-order chi connectivity index (χ1) is 7.72. The lowest BCUT2D eigenvalue weighted by atomic mass is 10.1. The van der Waals surface area contributed by atoms with Gasteiger partial charge in [-0.25, -0.2) is 4.98 Å². The minimum atomic E-state index is 0.0665. The van der Waals surface area contributed by atoms with Gasteiger partial charge in [0.1, 0.15) is 16.7 Å². The number of halogens is 1. The standard InChI is InChI=1S/C12H13ClN2O/c1-8-4-2-3-5-9(8)11-12(13)15-10(14-11)6-7-16/h2-5,16H,6-7H2,1H3,(H,14,15). The number of H-pyrrole nitrogens is 1. The summed E-state index contributed by atoms with van der Waals surface area (Å²) in [5, 5.41) is 9.37. The first-order valence-corrected chi connectivity index (χ1v) is 5.51. The van der Waals surface area contributed by atoms with Crippen LogP contribution < -0.4 is 0 Å². The molecule has 84 valence electrons. The molecule has 1 heterocycles. The molecule has 0 spiro atoms. The van der Waals surface area contributed by atoms with Gasteiger partial charge >= 0.3 is 0 Å². The first-order valence-electron chi connectivity index (χ1n) is 5.13. The molecular formula is C12H13ClN2O. The maximum Gasteiger partial charge on any atom is 0.134 e. The smallest absolute Gasteiger partial charge is 0.134 e. The summed E-state index contributed by atoms with van der Waals surface area (Å²) in [4.78, 5) is 7.35. The second-order valence-electron chi connectivity index (χ2n) is 3.63. The summed E-state index contributed by atoms with van der Waals surface area (Å²) >= 11 is 6.09. The van der Waals surface area contributed by atoms with Gasteiger partial charge in [0, 0.05) is 12.0 Å². The van der Waals surface area contributed by atoms with E-state index >= 15 is 0 Å². The van der Waals surface area contributed by atoms with Crippen molar-refractivity contribution in [1.82, 2.24) is 9.97 Å². The average Bonchev–Trinajstić information content (AvgIpc) is 2.61. The van der Waals surface area contributed by atoms with Crippen LogP contribution in [0.4, 0.5) is 0 Å². The van der Waals surface area contributed by atoms with Crippen LogP contribution in [0.15, 0.2) is 24.3 Å². The Kier molecular flexibility index (Phi) is 3.27. The highest BCUT2D eigenvalue weighted by Gasteiger charge is 2.11. The molecule has 0 fully saturated rings. The van der Waals surface area contributed by atoms with Gasteiger partial charge < -0.3 is 10.1 Å². The van der Waals surface area contributed by atoms with E-state index in [-0.39, 0.29) is 6.61 Å². The lowest BCUT2D eigenvalue weighted by Gasteiger charge is -2.01. The minimum Gasteiger partial charge on any atom is -0.396 e. The summed E-state index contributed by atoms with van der Waals surface area (Å²) in [5.41, 5.74) is 2.91. The Balaban J connectivity index is 2.44. The Labute approximate surface area is 99.1 Å². The van der Waals surface area contributed by atoms with Crippen LogP contribution >= 0.6 is 11.6 Å². The zero-order valence-electron chi connectivity index (χ0n) is 9.00. The largest absolute Gasteiger partial charge is 0.396 e. The number of aliphatic hydroxyl groups excluding tert-OH is 1. The summed E-state index contributed by atoms with van der Waals surface area (Å²) in [6.45, 7) is 2.09. The Hall–Kier alpha value is -1.32. The van der Waals surface area contributed by atoms with E-state index < -0.39 is 0 Å². The molecule has 2 rings (SSSR count). The van der Waals surface area contributed by atoms with Gasteiger partial charge in [0.2, 0.25) is 0 Å². The number of aromatic nitrogens is 2. The molecule has 0 aliphatic carbocycles. The van der Waals surface area contributed by atoms with E-state index in [0.717, 1.165) is 16.8 Å². The third-order valence-corrected chi connectivity index (χ3v) is 2.73. The molecule has 0 bridgehead atoms. The Bertz CT molecular complexity index is 494. The van der Waals surface area contributed by atoms with Crippen molar-refractivity contribution in [2.45, 2.75) is 13.3 Å². The molecule has 2 aromatic rings. The van der Waals surface area contributed by atoms with Crippen LogP contribution in [0.2, 0.25) is 5.15 Å². The molecule has 16 heavy (non-hydrogen) atoms. The van der Waals surface area contributed by atoms with Crippen molar-refractivity contribution in [2.75, 3.05) is 6.61 Å². The highest BCUT2D eigenvalue weighted by Crippen LogP contribution is 2.27. The summed E-state index contributed by atoms with van der Waals surface area (Å²) in [7, 11) is 0. The molecule has 0 radical (unpaired) electrons. The molecule has 0 atom stereocenters. The van der Waals surface area contributed by atoms with Crippen LogP contribution in [0, 0.1) is 6.92 Å². The molecule has 3 nitrogen and oxygen atoms in total. The zero-order valence-corrected chi connectivity index (χ0v) is 9.75. The molecule has 0 aliphatic rings. The number of benzene rings is 1. The zero-order chi connectivity index (χ0) is 11.5. The van der Waals surface area contributed by atoms with Crippen molar-refractivity contribution in [1.29, 1.82) is 0 Å². The number of aromatic amines is 1. The molecule has 0 saturated carbocycles. The highest BCUT2D eigenvalue weighted by molar-refractivity contribution is 6.32. The third-order valence-electron chi connectivity index (χ3n) is 2.46. The van der Waals surface area contributed by atoms with Gasteiger partial charge in [-0.15, -0.1) is 0 Å². The van der Waals surface area contributed by atoms with Crippen molar-refractivity contribution in [3.05, 3.63) is 40.8 Å². The molecule has 4 heteroatoms. The summed E-state index contributed by atoms with van der Waals surface area (Å²) < 4.78 is 0. The fourth-order valence-electron chi connectivity index (χ4n) is 1.64. The fourth-order valence-corrected chi connectivity index (χ4v) is 1.89. The van der Waals surface area contributed by atoms with Gasteiger partial charge in [0.05, 0.1) is 6.61 Å². The number of imidazole rings is 1. The monoisotopic (exact) mass is 236 g/mol. The van der Waals surface area contributed by atoms with E-state index in [9.17, 15) is 0 Å². The Morgan fingerprint density at radius 1 is 1.38 bits per heavy atom. The predicted molar refractivity (Wildman–Crippen MR) is 64.6 cm³/mol. The molecule has 0 saturated heterocycles. The quantitative estimate of drug-likeness (QED) is 0.861. The van der Waals surface area contributed by atoms with Crippen molar-refractivity contribution < 1.29 is 5.11 Å². The van der Waals surface area contributed by atoms with Crippen molar-refractivity contribution in [2.24, 2.45) is 0 Å². The van der Waals surface area contributed by atoms with E-state index in [1.165, 1.54) is 0 Å². The normalized spacial score (nSPS) is 10.7. The van der Waals surface area contributed by atoms with Crippen molar-refractivity contribution in [3.63, 3.8) is 0 Å². The van der Waals surface area contributed by atoms with E-state index in [1.807, 2.05) is 31.2 Å². The lowest BCUT2D eigenvalue weighted by Crippen LogP contribution is -1.92. The average molecular weight is 237 g/mol. The molecule has 1 aromatic carbocycles. The number of rotatable bonds is 3. The SMILES string of the molecule is Cc1ccccc1-c1nc(CCO)[nH]c1Cl. The fraction of sp³-hybridized carbons (Fsp3) is 0.250. The lowest BCUT2D eigenvalue weighted by molar-refractivity contribution is 0.297. The number of hydrogen-bond acceptors (Lipinski definition) is 2. The van der Waals surface area contributed by atoms with Crippen LogP contribution in [0.25, 0.3) is 11.3 Å². The van der Waals surface area contributed by atoms with E-state index in [2.05, 4.69) is 9.97 Å². The van der Waals surface area contributed by atoms with Crippen molar-refractivity contribution in [3.8, 4) is 11.3 Å². The Morgan fingerprint density at radius 2 is 2.12 bits per heavy atom. The number of hydrogen-bond donors (Lipinski definition) is 2. The summed E-state index contributed by atoms with van der Waals surface area (Å²) in [6, 6.07) is 7.94. The number of aryl methyl sites for hydroxylation is 1. The number of nitrogens with one attached hydrogen (secondary N) is 1. The van der Waals surface area contributed by atoms with Crippen LogP contribution in [0.1, 0.15) is 11.4 Å². The minimum absolute atomic E-state index is 0.0665. The maximum atomic E-state index is 8.84. The molecule has 0 aliphatic heterocycles. The molecule has 0 unspecified atom stereocenters. The van der Waals surface area contributed by atoms with Crippen LogP contribution in [-0.2, 0) is 6.42 Å². The van der Waals surface area contributed by atoms with Gasteiger partial charge in [-0.3, -0.25) is 0 Å². The number of aliphatic hydroxyl groups is 1. The number of nitrogens with zero attached hydrogens (tertiary/aromatic N) is 1. The second-order valence-corrected chi connectivity index (χ2v) is 4.01. The molecule has 0 amide bonds. The summed E-state index contributed by atoms with van der Waals surface area (Å²) in [5.74, 6) is 0.714. The summed E-state index contributed by atoms with van der Waals surface area (Å²) in [6.07, 6.45) is 0.492. The van der Waals surface area contributed by atoms with Crippen LogP contribution in [0.5, 0.6) is 0 Å². The van der Waals surface area contributed by atoms with Crippen LogP contribution in [-0.4, -0.2) is 21.7 Å². The van der Waals surface area contributed by atoms with Gasteiger partial charge in [-0.2, -0.15) is 0 Å². The van der Waals surface area contributed by atoms with Crippen molar-refractivity contribution >= 4 is 11.6 Å². The van der Waals surface area contributed by atoms with E-state index in [4.69, 9.17) is 16.7 Å². The van der Waals surface area contributed by atoms with Gasteiger partial charge in [0.25, 0.3) is 0 Å². The molecule has 1 aromatic heterocycles. The topological polar surface area (TPSA) is 48.9 Å². The third kappa shape index (κ3) is 2.10. The predicted octanol–water partition coefficient (Wildman–Crippen LogP) is 2.57. The van der Waals surface area contributed by atoms with Gasteiger partial charge in [0.15, 0.2) is 0 Å². The van der Waals surface area contributed by atoms with Gasteiger partial charge in [-0.1, -0.05) is 35.9 Å².